The third kappa shape index (κ3) is 4.05. The van der Waals surface area contributed by atoms with E-state index in [1.807, 2.05) is 23.6 Å². The molecule has 3 aromatic heterocycles. The Morgan fingerprint density at radius 3 is 2.73 bits per heavy atom. The minimum absolute atomic E-state index is 0.0489. The highest BCUT2D eigenvalue weighted by Gasteiger charge is 2.19. The van der Waals surface area contributed by atoms with E-state index < -0.39 is 0 Å². The van der Waals surface area contributed by atoms with E-state index in [0.29, 0.717) is 10.7 Å². The second kappa shape index (κ2) is 8.71. The predicted octanol–water partition coefficient (Wildman–Crippen LogP) is 3.61. The number of hydrogen-bond acceptors (Lipinski definition) is 7. The van der Waals surface area contributed by atoms with Gasteiger partial charge in [0.05, 0.1) is 12.2 Å². The molecule has 30 heavy (non-hydrogen) atoms. The molecule has 1 saturated heterocycles. The molecule has 4 aromatic rings. The van der Waals surface area contributed by atoms with E-state index in [1.165, 1.54) is 30.6 Å². The molecule has 0 radical (unpaired) electrons. The number of thiazole rings is 1. The van der Waals surface area contributed by atoms with Gasteiger partial charge in [0, 0.05) is 29.1 Å². The maximum atomic E-state index is 12.3. The average molecular weight is 439 g/mol. The summed E-state index contributed by atoms with van der Waals surface area (Å²) in [4.78, 5) is 20.0. The van der Waals surface area contributed by atoms with E-state index in [-0.39, 0.29) is 5.56 Å². The Labute approximate surface area is 182 Å². The Hall–Kier alpha value is -2.49. The molecule has 1 fully saturated rings. The van der Waals surface area contributed by atoms with Crippen molar-refractivity contribution in [2.75, 3.05) is 13.1 Å². The van der Waals surface area contributed by atoms with Gasteiger partial charge in [-0.15, -0.1) is 21.5 Å². The van der Waals surface area contributed by atoms with Crippen LogP contribution in [0, 0.1) is 0 Å². The topological polar surface area (TPSA) is 68.3 Å². The van der Waals surface area contributed by atoms with Crippen LogP contribution in [0.3, 0.4) is 0 Å². The zero-order valence-electron chi connectivity index (χ0n) is 16.5. The number of para-hydroxylation sites is 1. The van der Waals surface area contributed by atoms with Crippen LogP contribution in [-0.2, 0) is 12.3 Å². The van der Waals surface area contributed by atoms with E-state index in [9.17, 15) is 4.79 Å². The smallest absolute Gasteiger partial charge is 0.258 e. The van der Waals surface area contributed by atoms with Crippen molar-refractivity contribution < 1.29 is 0 Å². The van der Waals surface area contributed by atoms with Gasteiger partial charge in [-0.25, -0.2) is 4.98 Å². The Kier molecular flexibility index (Phi) is 5.65. The molecule has 0 saturated carbocycles. The van der Waals surface area contributed by atoms with Gasteiger partial charge in [-0.05, 0) is 38.1 Å². The maximum absolute atomic E-state index is 12.3. The predicted molar refractivity (Wildman–Crippen MR) is 119 cm³/mol. The molecule has 0 aliphatic carbocycles. The molecule has 7 nitrogen and oxygen atoms in total. The van der Waals surface area contributed by atoms with Gasteiger partial charge in [-0.1, -0.05) is 36.4 Å². The van der Waals surface area contributed by atoms with Crippen LogP contribution < -0.4 is 5.56 Å². The van der Waals surface area contributed by atoms with Crippen molar-refractivity contribution in [1.82, 2.24) is 29.0 Å². The first kappa shape index (κ1) is 19.5. The molecule has 0 bridgehead atoms. The number of fused-ring (bicyclic) bond motifs is 1. The number of piperidine rings is 1. The molecule has 1 aliphatic heterocycles. The Morgan fingerprint density at radius 1 is 1.07 bits per heavy atom. The van der Waals surface area contributed by atoms with Crippen molar-refractivity contribution in [2.24, 2.45) is 0 Å². The first-order chi connectivity index (χ1) is 14.8. The lowest BCUT2D eigenvalue weighted by molar-refractivity contribution is 0.214. The van der Waals surface area contributed by atoms with Crippen LogP contribution >= 0.6 is 23.1 Å². The van der Waals surface area contributed by atoms with Crippen LogP contribution in [0.2, 0.25) is 0 Å². The number of nitrogens with zero attached hydrogens (tertiary/aromatic N) is 6. The van der Waals surface area contributed by atoms with E-state index in [4.69, 9.17) is 0 Å². The SMILES string of the molecule is O=c1cc(CSc2nnc(CN3CCCCC3)n2-c2ccccc2)nc2sccn12. The van der Waals surface area contributed by atoms with Crippen LogP contribution in [0.4, 0.5) is 0 Å². The summed E-state index contributed by atoms with van der Waals surface area (Å²) < 4.78 is 3.71. The van der Waals surface area contributed by atoms with E-state index in [2.05, 4.69) is 36.8 Å². The summed E-state index contributed by atoms with van der Waals surface area (Å²) in [6, 6.07) is 11.8. The monoisotopic (exact) mass is 438 g/mol. The highest BCUT2D eigenvalue weighted by Crippen LogP contribution is 2.26. The lowest BCUT2D eigenvalue weighted by Gasteiger charge is -2.26. The highest BCUT2D eigenvalue weighted by molar-refractivity contribution is 7.98. The summed E-state index contributed by atoms with van der Waals surface area (Å²) in [5.74, 6) is 1.52. The summed E-state index contributed by atoms with van der Waals surface area (Å²) in [5.41, 5.74) is 1.76. The molecule has 0 amide bonds. The first-order valence-electron chi connectivity index (χ1n) is 10.1. The summed E-state index contributed by atoms with van der Waals surface area (Å²) in [6.07, 6.45) is 5.55. The van der Waals surface area contributed by atoms with Crippen molar-refractivity contribution in [3.05, 3.63) is 69.8 Å². The fourth-order valence-corrected chi connectivity index (χ4v) is 5.35. The number of thioether (sulfide) groups is 1. The van der Waals surface area contributed by atoms with Gasteiger partial charge in [0.1, 0.15) is 0 Å². The van der Waals surface area contributed by atoms with Gasteiger partial charge < -0.3 is 0 Å². The number of likely N-dealkylation sites (tertiary alicyclic amines) is 1. The summed E-state index contributed by atoms with van der Waals surface area (Å²) in [6.45, 7) is 3.01. The molecular formula is C21H22N6OS2. The maximum Gasteiger partial charge on any atom is 0.258 e. The van der Waals surface area contributed by atoms with Gasteiger partial charge in [-0.3, -0.25) is 18.7 Å². The lowest BCUT2D eigenvalue weighted by Crippen LogP contribution is -2.30. The van der Waals surface area contributed by atoms with Crippen LogP contribution in [0.25, 0.3) is 10.6 Å². The molecule has 9 heteroatoms. The lowest BCUT2D eigenvalue weighted by atomic mass is 10.1. The number of benzene rings is 1. The average Bonchev–Trinajstić information content (AvgIpc) is 3.41. The molecule has 0 unspecified atom stereocenters. The van der Waals surface area contributed by atoms with Crippen molar-refractivity contribution in [1.29, 1.82) is 0 Å². The summed E-state index contributed by atoms with van der Waals surface area (Å²) in [5, 5.41) is 11.7. The van der Waals surface area contributed by atoms with Crippen LogP contribution in [0.5, 0.6) is 0 Å². The highest BCUT2D eigenvalue weighted by atomic mass is 32.2. The Balaban J connectivity index is 1.42. The molecule has 1 aromatic carbocycles. The molecule has 154 valence electrons. The number of hydrogen-bond donors (Lipinski definition) is 0. The normalized spacial score (nSPS) is 15.1. The first-order valence-corrected chi connectivity index (χ1v) is 11.9. The molecule has 4 heterocycles. The second-order valence-electron chi connectivity index (χ2n) is 7.34. The fourth-order valence-electron chi connectivity index (χ4n) is 3.75. The van der Waals surface area contributed by atoms with Gasteiger partial charge >= 0.3 is 0 Å². The Morgan fingerprint density at radius 2 is 1.90 bits per heavy atom. The molecular weight excluding hydrogens is 416 g/mol. The number of aromatic nitrogens is 5. The minimum atomic E-state index is -0.0489. The van der Waals surface area contributed by atoms with Crippen LogP contribution in [-0.4, -0.2) is 42.1 Å². The standard InChI is InChI=1S/C21H22N6OS2/c28-19-13-16(22-20-26(19)11-12-29-20)15-30-21-24-23-18(14-25-9-5-2-6-10-25)27(21)17-7-3-1-4-8-17/h1,3-4,7-8,11-13H,2,5-6,9-10,14-15H2. The van der Waals surface area contributed by atoms with Crippen molar-refractivity contribution in [3.8, 4) is 5.69 Å². The largest absolute Gasteiger partial charge is 0.296 e. The van der Waals surface area contributed by atoms with Gasteiger partial charge in [0.25, 0.3) is 5.56 Å². The van der Waals surface area contributed by atoms with Crippen molar-refractivity contribution in [2.45, 2.75) is 36.7 Å². The van der Waals surface area contributed by atoms with E-state index >= 15 is 0 Å². The molecule has 0 N–H and O–H groups in total. The molecule has 1 aliphatic rings. The molecule has 5 rings (SSSR count). The van der Waals surface area contributed by atoms with E-state index in [0.717, 1.165) is 42.0 Å². The van der Waals surface area contributed by atoms with Gasteiger partial charge in [0.15, 0.2) is 15.9 Å². The zero-order chi connectivity index (χ0) is 20.3. The van der Waals surface area contributed by atoms with Crippen LogP contribution in [0.15, 0.2) is 57.9 Å². The zero-order valence-corrected chi connectivity index (χ0v) is 18.1. The number of rotatable bonds is 6. The molecule has 0 spiro atoms. The summed E-state index contributed by atoms with van der Waals surface area (Å²) in [7, 11) is 0. The third-order valence-electron chi connectivity index (χ3n) is 5.23. The second-order valence-corrected chi connectivity index (χ2v) is 9.15. The van der Waals surface area contributed by atoms with Crippen molar-refractivity contribution in [3.63, 3.8) is 0 Å². The third-order valence-corrected chi connectivity index (χ3v) is 6.95. The van der Waals surface area contributed by atoms with Gasteiger partial charge in [0.2, 0.25) is 0 Å². The quantitative estimate of drug-likeness (QED) is 0.429. The summed E-state index contributed by atoms with van der Waals surface area (Å²) >= 11 is 3.03. The minimum Gasteiger partial charge on any atom is -0.296 e. The van der Waals surface area contributed by atoms with Gasteiger partial charge in [-0.2, -0.15) is 0 Å². The van der Waals surface area contributed by atoms with E-state index in [1.54, 1.807) is 28.4 Å². The fraction of sp³-hybridized carbons (Fsp3) is 0.333. The van der Waals surface area contributed by atoms with Crippen molar-refractivity contribution >= 4 is 28.1 Å². The Bertz CT molecular complexity index is 1190. The van der Waals surface area contributed by atoms with Crippen LogP contribution in [0.1, 0.15) is 30.8 Å². The molecule has 0 atom stereocenters.